The Morgan fingerprint density at radius 2 is 1.41 bits per heavy atom. The van der Waals surface area contributed by atoms with Gasteiger partial charge in [-0.1, -0.05) is 12.1 Å². The molecule has 1 N–H and O–H groups in total. The molecule has 5 nitrogen and oxygen atoms in total. The molecule has 0 aliphatic carbocycles. The Hall–Kier alpha value is -2.40. The van der Waals surface area contributed by atoms with Crippen molar-refractivity contribution in [3.05, 3.63) is 47.5 Å². The normalized spacial score (nSPS) is 14.1. The summed E-state index contributed by atoms with van der Waals surface area (Å²) in [5.74, 6) is 2.17. The van der Waals surface area contributed by atoms with Crippen molar-refractivity contribution in [2.75, 3.05) is 39.3 Å². The van der Waals surface area contributed by atoms with Crippen molar-refractivity contribution < 1.29 is 14.2 Å². The summed E-state index contributed by atoms with van der Waals surface area (Å²) >= 11 is 0. The molecule has 0 saturated carbocycles. The third-order valence-electron chi connectivity index (χ3n) is 5.09. The van der Waals surface area contributed by atoms with Gasteiger partial charge in [-0.2, -0.15) is 0 Å². The SMILES string of the molecule is COc1cc(OC)c(OC)cc1CNCc1ccc(N2CCCCC2)cc1. The van der Waals surface area contributed by atoms with E-state index in [1.54, 1.807) is 21.3 Å². The van der Waals surface area contributed by atoms with Crippen LogP contribution in [0.15, 0.2) is 36.4 Å². The minimum absolute atomic E-state index is 0.673. The second-order valence-corrected chi connectivity index (χ2v) is 6.84. The molecule has 0 amide bonds. The molecule has 0 spiro atoms. The third kappa shape index (κ3) is 4.86. The molecule has 0 bridgehead atoms. The van der Waals surface area contributed by atoms with Crippen molar-refractivity contribution >= 4 is 5.69 Å². The smallest absolute Gasteiger partial charge is 0.164 e. The molecule has 27 heavy (non-hydrogen) atoms. The number of rotatable bonds is 8. The van der Waals surface area contributed by atoms with Crippen molar-refractivity contribution in [2.45, 2.75) is 32.4 Å². The maximum absolute atomic E-state index is 5.49. The number of methoxy groups -OCH3 is 3. The molecule has 0 aromatic heterocycles. The van der Waals surface area contributed by atoms with Crippen LogP contribution < -0.4 is 24.4 Å². The highest BCUT2D eigenvalue weighted by Crippen LogP contribution is 2.34. The molecule has 0 radical (unpaired) electrons. The van der Waals surface area contributed by atoms with Crippen molar-refractivity contribution in [3.63, 3.8) is 0 Å². The first-order valence-electron chi connectivity index (χ1n) is 9.58. The molecule has 2 aromatic carbocycles. The summed E-state index contributed by atoms with van der Waals surface area (Å²) in [6.45, 7) is 3.85. The molecule has 1 fully saturated rings. The molecule has 1 heterocycles. The Bertz CT molecular complexity index is 725. The quantitative estimate of drug-likeness (QED) is 0.761. The van der Waals surface area contributed by atoms with E-state index in [1.165, 1.54) is 43.6 Å². The standard InChI is InChI=1S/C22H30N2O3/c1-25-20-14-22(27-3)21(26-2)13-18(20)16-23-15-17-7-9-19(10-8-17)24-11-5-4-6-12-24/h7-10,13-14,23H,4-6,11-12,15-16H2,1-3H3. The van der Waals surface area contributed by atoms with E-state index in [2.05, 4.69) is 34.5 Å². The lowest BCUT2D eigenvalue weighted by atomic mass is 10.1. The maximum Gasteiger partial charge on any atom is 0.164 e. The second kappa shape index (κ2) is 9.51. The van der Waals surface area contributed by atoms with Gasteiger partial charge in [0.2, 0.25) is 0 Å². The van der Waals surface area contributed by atoms with Gasteiger partial charge in [-0.05, 0) is 43.0 Å². The first kappa shape index (κ1) is 19.4. The van der Waals surface area contributed by atoms with Crippen molar-refractivity contribution in [1.29, 1.82) is 0 Å². The average molecular weight is 370 g/mol. The average Bonchev–Trinajstić information content (AvgIpc) is 2.74. The van der Waals surface area contributed by atoms with Crippen LogP contribution >= 0.6 is 0 Å². The number of hydrogen-bond acceptors (Lipinski definition) is 5. The first-order valence-corrected chi connectivity index (χ1v) is 9.58. The lowest BCUT2D eigenvalue weighted by Crippen LogP contribution is -2.29. The molecule has 146 valence electrons. The minimum Gasteiger partial charge on any atom is -0.496 e. The van der Waals surface area contributed by atoms with Crippen molar-refractivity contribution in [3.8, 4) is 17.2 Å². The van der Waals surface area contributed by atoms with Gasteiger partial charge in [-0.25, -0.2) is 0 Å². The molecule has 5 heteroatoms. The number of hydrogen-bond donors (Lipinski definition) is 1. The molecule has 1 aliphatic rings. The first-order chi connectivity index (χ1) is 13.2. The number of nitrogens with zero attached hydrogens (tertiary/aromatic N) is 1. The van der Waals surface area contributed by atoms with Crippen LogP contribution in [0.4, 0.5) is 5.69 Å². The summed E-state index contributed by atoms with van der Waals surface area (Å²) in [7, 11) is 4.94. The molecule has 0 atom stereocenters. The highest BCUT2D eigenvalue weighted by atomic mass is 16.5. The van der Waals surface area contributed by atoms with Crippen LogP contribution in [-0.4, -0.2) is 34.4 Å². The molecule has 1 saturated heterocycles. The van der Waals surface area contributed by atoms with E-state index >= 15 is 0 Å². The summed E-state index contributed by atoms with van der Waals surface area (Å²) in [4.78, 5) is 2.48. The van der Waals surface area contributed by atoms with E-state index in [0.29, 0.717) is 18.0 Å². The van der Waals surface area contributed by atoms with E-state index in [4.69, 9.17) is 14.2 Å². The summed E-state index contributed by atoms with van der Waals surface area (Å²) in [5.41, 5.74) is 3.65. The monoisotopic (exact) mass is 370 g/mol. The lowest BCUT2D eigenvalue weighted by molar-refractivity contribution is 0.347. The zero-order valence-corrected chi connectivity index (χ0v) is 16.6. The molecular weight excluding hydrogens is 340 g/mol. The van der Waals surface area contributed by atoms with Crippen molar-refractivity contribution in [2.24, 2.45) is 0 Å². The fraction of sp³-hybridized carbons (Fsp3) is 0.455. The van der Waals surface area contributed by atoms with E-state index in [1.807, 2.05) is 12.1 Å². The van der Waals surface area contributed by atoms with E-state index < -0.39 is 0 Å². The number of anilines is 1. The van der Waals surface area contributed by atoms with Gasteiger partial charge >= 0.3 is 0 Å². The number of ether oxygens (including phenoxy) is 3. The third-order valence-corrected chi connectivity index (χ3v) is 5.09. The Morgan fingerprint density at radius 3 is 2.04 bits per heavy atom. The predicted octanol–water partition coefficient (Wildman–Crippen LogP) is 3.99. The van der Waals surface area contributed by atoms with Gasteiger partial charge in [0.1, 0.15) is 5.75 Å². The van der Waals surface area contributed by atoms with Crippen LogP contribution in [0.25, 0.3) is 0 Å². The van der Waals surface area contributed by atoms with E-state index in [0.717, 1.165) is 17.9 Å². The van der Waals surface area contributed by atoms with Crippen LogP contribution in [0.5, 0.6) is 17.2 Å². The van der Waals surface area contributed by atoms with Gasteiger partial charge in [-0.15, -0.1) is 0 Å². The van der Waals surface area contributed by atoms with E-state index in [-0.39, 0.29) is 0 Å². The van der Waals surface area contributed by atoms with Crippen LogP contribution in [0.2, 0.25) is 0 Å². The highest BCUT2D eigenvalue weighted by molar-refractivity contribution is 5.51. The van der Waals surface area contributed by atoms with Crippen LogP contribution in [0, 0.1) is 0 Å². The largest absolute Gasteiger partial charge is 0.496 e. The van der Waals surface area contributed by atoms with E-state index in [9.17, 15) is 0 Å². The maximum atomic E-state index is 5.49. The molecular formula is C22H30N2O3. The van der Waals surface area contributed by atoms with Crippen LogP contribution in [0.3, 0.4) is 0 Å². The summed E-state index contributed by atoms with van der Waals surface area (Å²) in [5, 5.41) is 3.49. The van der Waals surface area contributed by atoms with Crippen molar-refractivity contribution in [1.82, 2.24) is 5.32 Å². The Labute approximate surface area is 162 Å². The van der Waals surface area contributed by atoms with Gasteiger partial charge in [-0.3, -0.25) is 0 Å². The predicted molar refractivity (Wildman–Crippen MR) is 109 cm³/mol. The molecule has 0 unspecified atom stereocenters. The fourth-order valence-electron chi connectivity index (χ4n) is 3.55. The Kier molecular flexibility index (Phi) is 6.82. The Balaban J connectivity index is 1.59. The molecule has 1 aliphatic heterocycles. The van der Waals surface area contributed by atoms with Gasteiger partial charge in [0.05, 0.1) is 21.3 Å². The zero-order valence-electron chi connectivity index (χ0n) is 16.6. The van der Waals surface area contributed by atoms with Gasteiger partial charge in [0, 0.05) is 43.5 Å². The fourth-order valence-corrected chi connectivity index (χ4v) is 3.55. The number of nitrogens with one attached hydrogen (secondary N) is 1. The van der Waals surface area contributed by atoms with Gasteiger partial charge < -0.3 is 24.4 Å². The second-order valence-electron chi connectivity index (χ2n) is 6.84. The topological polar surface area (TPSA) is 43.0 Å². The van der Waals surface area contributed by atoms with Gasteiger partial charge in [0.15, 0.2) is 11.5 Å². The molecule has 2 aromatic rings. The number of piperidine rings is 1. The summed E-state index contributed by atoms with van der Waals surface area (Å²) in [6, 6.07) is 12.7. The zero-order chi connectivity index (χ0) is 19.1. The Morgan fingerprint density at radius 1 is 0.778 bits per heavy atom. The summed E-state index contributed by atoms with van der Waals surface area (Å²) in [6.07, 6.45) is 3.96. The highest BCUT2D eigenvalue weighted by Gasteiger charge is 2.12. The van der Waals surface area contributed by atoms with Crippen LogP contribution in [-0.2, 0) is 13.1 Å². The molecule has 3 rings (SSSR count). The summed E-state index contributed by atoms with van der Waals surface area (Å²) < 4.78 is 16.2. The number of benzene rings is 2. The lowest BCUT2D eigenvalue weighted by Gasteiger charge is -2.28. The van der Waals surface area contributed by atoms with Crippen LogP contribution in [0.1, 0.15) is 30.4 Å². The minimum atomic E-state index is 0.673. The van der Waals surface area contributed by atoms with Gasteiger partial charge in [0.25, 0.3) is 0 Å².